The highest BCUT2D eigenvalue weighted by Crippen LogP contribution is 2.38. The molecule has 1 aromatic carbocycles. The minimum Gasteiger partial charge on any atom is -0.381 e. The van der Waals surface area contributed by atoms with E-state index in [1.807, 2.05) is 0 Å². The topological polar surface area (TPSA) is 88.1 Å². The third-order valence-corrected chi connectivity index (χ3v) is 4.68. The molecule has 2 rings (SSSR count). The van der Waals surface area contributed by atoms with Crippen molar-refractivity contribution in [2.75, 3.05) is 33.9 Å². The van der Waals surface area contributed by atoms with Crippen LogP contribution in [0, 0.1) is 11.6 Å². The van der Waals surface area contributed by atoms with Crippen LogP contribution >= 0.6 is 0 Å². The number of hydrogen-bond acceptors (Lipinski definition) is 4. The Morgan fingerprint density at radius 3 is 2.58 bits per heavy atom. The Bertz CT molecular complexity index is 681. The van der Waals surface area contributed by atoms with E-state index in [1.54, 1.807) is 14.1 Å². The standard InChI is InChI=1S/C16H22F2N2O5S/c1-20(2)15(21)10-25-16(3-5-24-6-4-16)12-8-13(17)11(7-14(12)18)9-19-26(22)23/h7-8,19H,3-6,9-10H2,1-2H3,(H,22,23). The SMILES string of the molecule is CN(C)C(=O)COC1(c2cc(F)c(CNS(=O)O)cc2F)CCOCC1. The molecular formula is C16H22F2N2O5S. The summed E-state index contributed by atoms with van der Waals surface area (Å²) in [6.45, 7) is 0.0249. The fraction of sp³-hybridized carbons (Fsp3) is 0.562. The zero-order valence-electron chi connectivity index (χ0n) is 14.6. The number of nitrogens with zero attached hydrogens (tertiary/aromatic N) is 1. The number of halogens is 2. The van der Waals surface area contributed by atoms with E-state index in [-0.39, 0.29) is 43.0 Å². The second-order valence-electron chi connectivity index (χ2n) is 6.18. The largest absolute Gasteiger partial charge is 0.381 e. The molecule has 1 unspecified atom stereocenters. The molecule has 1 aliphatic rings. The van der Waals surface area contributed by atoms with Crippen LogP contribution in [0.2, 0.25) is 0 Å². The van der Waals surface area contributed by atoms with Gasteiger partial charge in [0.1, 0.15) is 23.8 Å². The summed E-state index contributed by atoms with van der Waals surface area (Å²) in [5.74, 6) is -1.72. The maximum atomic E-state index is 14.7. The van der Waals surface area contributed by atoms with Crippen molar-refractivity contribution in [3.63, 3.8) is 0 Å². The Hall–Kier alpha value is -1.46. The van der Waals surface area contributed by atoms with Gasteiger partial charge < -0.3 is 14.4 Å². The zero-order chi connectivity index (χ0) is 19.3. The summed E-state index contributed by atoms with van der Waals surface area (Å²) in [4.78, 5) is 13.2. The Labute approximate surface area is 153 Å². The van der Waals surface area contributed by atoms with E-state index in [2.05, 4.69) is 4.72 Å². The monoisotopic (exact) mass is 392 g/mol. The molecule has 0 aliphatic carbocycles. The van der Waals surface area contributed by atoms with Crippen LogP contribution in [0.25, 0.3) is 0 Å². The number of benzene rings is 1. The quantitative estimate of drug-likeness (QED) is 0.683. The number of likely N-dealkylation sites (N-methyl/N-ethyl adjacent to an activating group) is 1. The lowest BCUT2D eigenvalue weighted by Crippen LogP contribution is -2.40. The molecule has 1 atom stereocenters. The Morgan fingerprint density at radius 1 is 1.35 bits per heavy atom. The third-order valence-electron chi connectivity index (χ3n) is 4.28. The van der Waals surface area contributed by atoms with Gasteiger partial charge in [0.05, 0.1) is 0 Å². The Morgan fingerprint density at radius 2 is 2.00 bits per heavy atom. The predicted octanol–water partition coefficient (Wildman–Crippen LogP) is 1.30. The molecule has 26 heavy (non-hydrogen) atoms. The summed E-state index contributed by atoms with van der Waals surface area (Å²) in [7, 11) is 3.16. The first-order valence-electron chi connectivity index (χ1n) is 8.00. The number of amides is 1. The van der Waals surface area contributed by atoms with E-state index in [0.717, 1.165) is 12.1 Å². The maximum absolute atomic E-state index is 14.7. The van der Waals surface area contributed by atoms with Crippen molar-refractivity contribution in [3.8, 4) is 0 Å². The number of carbonyl (C=O) groups excluding carboxylic acids is 1. The zero-order valence-corrected chi connectivity index (χ0v) is 15.4. The average molecular weight is 392 g/mol. The minimum atomic E-state index is -2.33. The lowest BCUT2D eigenvalue weighted by atomic mass is 9.85. The van der Waals surface area contributed by atoms with Crippen molar-refractivity contribution >= 4 is 17.2 Å². The van der Waals surface area contributed by atoms with Gasteiger partial charge in [-0.15, -0.1) is 0 Å². The van der Waals surface area contributed by atoms with Gasteiger partial charge in [0.2, 0.25) is 17.2 Å². The first-order chi connectivity index (χ1) is 12.2. The van der Waals surface area contributed by atoms with Crippen LogP contribution in [0.3, 0.4) is 0 Å². The summed E-state index contributed by atoms with van der Waals surface area (Å²) in [5.41, 5.74) is -1.24. The molecule has 10 heteroatoms. The van der Waals surface area contributed by atoms with Gasteiger partial charge in [-0.05, 0) is 12.1 Å². The molecule has 0 saturated carbocycles. The summed E-state index contributed by atoms with van der Waals surface area (Å²) in [6.07, 6.45) is 0.560. The Balaban J connectivity index is 2.31. The molecule has 0 radical (unpaired) electrons. The molecule has 146 valence electrons. The lowest BCUT2D eigenvalue weighted by Gasteiger charge is -2.38. The molecule has 1 amide bonds. The van der Waals surface area contributed by atoms with Gasteiger partial charge in [0.15, 0.2) is 0 Å². The van der Waals surface area contributed by atoms with Crippen LogP contribution in [0.4, 0.5) is 8.78 Å². The maximum Gasteiger partial charge on any atom is 0.248 e. The second-order valence-corrected chi connectivity index (χ2v) is 6.96. The summed E-state index contributed by atoms with van der Waals surface area (Å²) >= 11 is -2.33. The van der Waals surface area contributed by atoms with Crippen LogP contribution in [-0.4, -0.2) is 53.5 Å². The average Bonchev–Trinajstić information content (AvgIpc) is 2.60. The van der Waals surface area contributed by atoms with Gasteiger partial charge in [0, 0.05) is 57.8 Å². The van der Waals surface area contributed by atoms with Crippen LogP contribution in [0.15, 0.2) is 12.1 Å². The normalized spacial score (nSPS) is 17.7. The first kappa shape index (κ1) is 20.8. The summed E-state index contributed by atoms with van der Waals surface area (Å²) < 4.78 is 61.6. The van der Waals surface area contributed by atoms with Crippen molar-refractivity contribution in [2.24, 2.45) is 0 Å². The van der Waals surface area contributed by atoms with E-state index < -0.39 is 28.5 Å². The van der Waals surface area contributed by atoms with Gasteiger partial charge in [-0.25, -0.2) is 17.7 Å². The summed E-state index contributed by atoms with van der Waals surface area (Å²) in [6, 6.07) is 2.00. The number of hydrogen-bond donors (Lipinski definition) is 2. The van der Waals surface area contributed by atoms with E-state index in [4.69, 9.17) is 14.0 Å². The van der Waals surface area contributed by atoms with Crippen molar-refractivity contribution < 1.29 is 31.8 Å². The molecule has 1 aliphatic heterocycles. The lowest BCUT2D eigenvalue weighted by molar-refractivity contribution is -0.152. The highest BCUT2D eigenvalue weighted by Gasteiger charge is 2.39. The molecule has 0 bridgehead atoms. The van der Waals surface area contributed by atoms with Crippen LogP contribution in [0.5, 0.6) is 0 Å². The smallest absolute Gasteiger partial charge is 0.248 e. The number of nitrogens with one attached hydrogen (secondary N) is 1. The molecule has 0 spiro atoms. The van der Waals surface area contributed by atoms with Gasteiger partial charge in [-0.1, -0.05) is 0 Å². The molecular weight excluding hydrogens is 370 g/mol. The van der Waals surface area contributed by atoms with Crippen molar-refractivity contribution in [2.45, 2.75) is 25.0 Å². The van der Waals surface area contributed by atoms with Gasteiger partial charge in [-0.3, -0.25) is 9.35 Å². The van der Waals surface area contributed by atoms with Crippen LogP contribution < -0.4 is 4.72 Å². The first-order valence-corrected chi connectivity index (χ1v) is 9.10. The summed E-state index contributed by atoms with van der Waals surface area (Å²) in [5, 5.41) is 0. The van der Waals surface area contributed by atoms with E-state index in [1.165, 1.54) is 4.90 Å². The molecule has 1 aromatic rings. The number of ether oxygens (including phenoxy) is 2. The van der Waals surface area contributed by atoms with Crippen LogP contribution in [-0.2, 0) is 37.7 Å². The van der Waals surface area contributed by atoms with E-state index in [0.29, 0.717) is 13.2 Å². The van der Waals surface area contributed by atoms with Gasteiger partial charge in [-0.2, -0.15) is 0 Å². The highest BCUT2D eigenvalue weighted by atomic mass is 32.2. The molecule has 0 aromatic heterocycles. The highest BCUT2D eigenvalue weighted by molar-refractivity contribution is 7.77. The van der Waals surface area contributed by atoms with Gasteiger partial charge in [0.25, 0.3) is 0 Å². The van der Waals surface area contributed by atoms with Gasteiger partial charge >= 0.3 is 0 Å². The third kappa shape index (κ3) is 5.04. The van der Waals surface area contributed by atoms with E-state index in [9.17, 15) is 17.8 Å². The Kier molecular flexibility index (Phi) is 7.18. The number of rotatable bonds is 7. The van der Waals surface area contributed by atoms with Crippen molar-refractivity contribution in [1.82, 2.24) is 9.62 Å². The molecule has 2 N–H and O–H groups in total. The van der Waals surface area contributed by atoms with Crippen molar-refractivity contribution in [1.29, 1.82) is 0 Å². The predicted molar refractivity (Wildman–Crippen MR) is 90.3 cm³/mol. The fourth-order valence-corrected chi connectivity index (χ4v) is 3.01. The molecule has 1 saturated heterocycles. The number of carbonyl (C=O) groups is 1. The van der Waals surface area contributed by atoms with Crippen LogP contribution in [0.1, 0.15) is 24.0 Å². The van der Waals surface area contributed by atoms with E-state index >= 15 is 0 Å². The molecule has 7 nitrogen and oxygen atoms in total. The molecule has 1 heterocycles. The second kappa shape index (κ2) is 8.96. The van der Waals surface area contributed by atoms with Crippen molar-refractivity contribution in [3.05, 3.63) is 34.9 Å². The molecule has 1 fully saturated rings. The fourth-order valence-electron chi connectivity index (χ4n) is 2.73. The minimum absolute atomic E-state index is 0.0127.